The Balaban J connectivity index is 2.15. The lowest BCUT2D eigenvalue weighted by Gasteiger charge is -1.95. The average Bonchev–Trinajstić information content (AvgIpc) is 2.73. The van der Waals surface area contributed by atoms with Crippen LogP contribution in [0.15, 0.2) is 42.6 Å². The number of hydrogen-bond donors (Lipinski definition) is 0. The van der Waals surface area contributed by atoms with Crippen molar-refractivity contribution < 1.29 is 4.79 Å². The molecule has 0 bridgehead atoms. The highest BCUT2D eigenvalue weighted by Crippen LogP contribution is 2.02. The van der Waals surface area contributed by atoms with Crippen molar-refractivity contribution in [2.45, 2.75) is 6.92 Å². The summed E-state index contributed by atoms with van der Waals surface area (Å²) >= 11 is 0. The lowest BCUT2D eigenvalue weighted by Crippen LogP contribution is -1.97. The van der Waals surface area contributed by atoms with Crippen molar-refractivity contribution in [2.24, 2.45) is 0 Å². The van der Waals surface area contributed by atoms with Gasteiger partial charge in [0.05, 0.1) is 11.9 Å². The topological polar surface area (TPSA) is 47.8 Å². The molecule has 1 aromatic carbocycles. The van der Waals surface area contributed by atoms with E-state index < -0.39 is 0 Å². The first-order chi connectivity index (χ1) is 7.77. The van der Waals surface area contributed by atoms with E-state index in [4.69, 9.17) is 0 Å². The van der Waals surface area contributed by atoms with Gasteiger partial charge in [0.25, 0.3) is 0 Å². The number of allylic oxidation sites excluding steroid dienone is 1. The van der Waals surface area contributed by atoms with Crippen LogP contribution in [0, 0.1) is 6.92 Å². The van der Waals surface area contributed by atoms with E-state index in [0.717, 1.165) is 5.69 Å². The molecule has 0 aliphatic carbocycles. The molecule has 0 spiro atoms. The molecule has 0 saturated heterocycles. The van der Waals surface area contributed by atoms with Crippen LogP contribution in [0.4, 0.5) is 0 Å². The largest absolute Gasteiger partial charge is 0.289 e. The van der Waals surface area contributed by atoms with Crippen LogP contribution < -0.4 is 0 Å². The molecule has 16 heavy (non-hydrogen) atoms. The summed E-state index contributed by atoms with van der Waals surface area (Å²) in [6.07, 6.45) is 4.73. The molecule has 2 rings (SSSR count). The van der Waals surface area contributed by atoms with Crippen molar-refractivity contribution in [3.63, 3.8) is 0 Å². The third-order valence-corrected chi connectivity index (χ3v) is 2.18. The van der Waals surface area contributed by atoms with Crippen molar-refractivity contribution >= 4 is 12.0 Å². The van der Waals surface area contributed by atoms with Crippen LogP contribution in [0.2, 0.25) is 0 Å². The van der Waals surface area contributed by atoms with Gasteiger partial charge in [0, 0.05) is 17.8 Å². The van der Waals surface area contributed by atoms with E-state index >= 15 is 0 Å². The number of aromatic nitrogens is 3. The van der Waals surface area contributed by atoms with Crippen LogP contribution in [0.5, 0.6) is 0 Å². The average molecular weight is 213 g/mol. The highest BCUT2D eigenvalue weighted by Gasteiger charge is 2.00. The molecule has 0 N–H and O–H groups in total. The molecule has 0 unspecified atom stereocenters. The summed E-state index contributed by atoms with van der Waals surface area (Å²) in [6, 6.07) is 9.10. The molecule has 1 aromatic heterocycles. The van der Waals surface area contributed by atoms with Crippen LogP contribution in [0.3, 0.4) is 0 Å². The third-order valence-electron chi connectivity index (χ3n) is 2.18. The Hall–Kier alpha value is -2.23. The summed E-state index contributed by atoms with van der Waals surface area (Å²) in [5.41, 5.74) is 1.55. The molecule has 0 amide bonds. The number of ketones is 1. The minimum atomic E-state index is -0.0458. The molecule has 0 saturated carbocycles. The summed E-state index contributed by atoms with van der Waals surface area (Å²) in [7, 11) is 0. The van der Waals surface area contributed by atoms with E-state index in [1.165, 1.54) is 6.08 Å². The Morgan fingerprint density at radius 2 is 2.06 bits per heavy atom. The van der Waals surface area contributed by atoms with E-state index in [2.05, 4.69) is 10.3 Å². The monoisotopic (exact) mass is 213 g/mol. The Labute approximate surface area is 93.2 Å². The lowest BCUT2D eigenvalue weighted by molar-refractivity contribution is 0.104. The van der Waals surface area contributed by atoms with Crippen LogP contribution in [-0.4, -0.2) is 20.8 Å². The second-order valence-electron chi connectivity index (χ2n) is 3.37. The highest BCUT2D eigenvalue weighted by atomic mass is 16.1. The number of rotatable bonds is 3. The van der Waals surface area contributed by atoms with Crippen molar-refractivity contribution in [1.82, 2.24) is 15.0 Å². The van der Waals surface area contributed by atoms with Crippen LogP contribution in [-0.2, 0) is 0 Å². The van der Waals surface area contributed by atoms with Gasteiger partial charge in [0.2, 0.25) is 0 Å². The van der Waals surface area contributed by atoms with Crippen LogP contribution >= 0.6 is 0 Å². The minimum Gasteiger partial charge on any atom is -0.289 e. The van der Waals surface area contributed by atoms with Gasteiger partial charge >= 0.3 is 0 Å². The Bertz CT molecular complexity index is 514. The first-order valence-corrected chi connectivity index (χ1v) is 4.92. The van der Waals surface area contributed by atoms with E-state index in [9.17, 15) is 4.79 Å². The fourth-order valence-corrected chi connectivity index (χ4v) is 1.28. The summed E-state index contributed by atoms with van der Waals surface area (Å²) < 4.78 is 1.56. The number of benzene rings is 1. The first kappa shape index (κ1) is 10.3. The molecule has 4 nitrogen and oxygen atoms in total. The summed E-state index contributed by atoms with van der Waals surface area (Å²) in [5.74, 6) is -0.0458. The molecule has 4 heteroatoms. The molecule has 0 atom stereocenters. The van der Waals surface area contributed by atoms with Gasteiger partial charge in [-0.15, -0.1) is 5.10 Å². The van der Waals surface area contributed by atoms with Gasteiger partial charge in [-0.1, -0.05) is 35.5 Å². The van der Waals surface area contributed by atoms with Crippen molar-refractivity contribution in [3.8, 4) is 0 Å². The Morgan fingerprint density at radius 1 is 1.31 bits per heavy atom. The van der Waals surface area contributed by atoms with Crippen LogP contribution in [0.25, 0.3) is 6.20 Å². The molecule has 2 aromatic rings. The number of carbonyl (C=O) groups is 1. The number of carbonyl (C=O) groups excluding carboxylic acids is 1. The van der Waals surface area contributed by atoms with Crippen LogP contribution in [0.1, 0.15) is 16.1 Å². The predicted molar refractivity (Wildman–Crippen MR) is 60.9 cm³/mol. The maximum atomic E-state index is 11.7. The van der Waals surface area contributed by atoms with Gasteiger partial charge in [0.1, 0.15) is 0 Å². The van der Waals surface area contributed by atoms with Crippen molar-refractivity contribution in [2.75, 3.05) is 0 Å². The summed E-state index contributed by atoms with van der Waals surface area (Å²) in [4.78, 5) is 11.7. The normalized spacial score (nSPS) is 10.8. The zero-order valence-corrected chi connectivity index (χ0v) is 8.87. The minimum absolute atomic E-state index is 0.0458. The quantitative estimate of drug-likeness (QED) is 0.578. The molecular weight excluding hydrogens is 202 g/mol. The van der Waals surface area contributed by atoms with Gasteiger partial charge in [-0.25, -0.2) is 4.68 Å². The van der Waals surface area contributed by atoms with E-state index in [-0.39, 0.29) is 5.78 Å². The molecular formula is C12H11N3O. The first-order valence-electron chi connectivity index (χ1n) is 4.92. The fourth-order valence-electron chi connectivity index (χ4n) is 1.28. The number of hydrogen-bond acceptors (Lipinski definition) is 3. The molecule has 1 heterocycles. The van der Waals surface area contributed by atoms with Crippen molar-refractivity contribution in [1.29, 1.82) is 0 Å². The van der Waals surface area contributed by atoms with Gasteiger partial charge in [-0.3, -0.25) is 4.79 Å². The van der Waals surface area contributed by atoms with Gasteiger partial charge in [0.15, 0.2) is 5.78 Å². The lowest BCUT2D eigenvalue weighted by atomic mass is 10.1. The molecule has 0 aliphatic rings. The third kappa shape index (κ3) is 2.23. The van der Waals surface area contributed by atoms with Gasteiger partial charge in [-0.05, 0) is 6.92 Å². The van der Waals surface area contributed by atoms with Crippen molar-refractivity contribution in [3.05, 3.63) is 53.9 Å². The summed E-state index contributed by atoms with van der Waals surface area (Å²) in [5, 5.41) is 7.53. The summed E-state index contributed by atoms with van der Waals surface area (Å²) in [6.45, 7) is 1.87. The van der Waals surface area contributed by atoms with E-state index in [1.807, 2.05) is 25.1 Å². The van der Waals surface area contributed by atoms with Gasteiger partial charge in [-0.2, -0.15) is 0 Å². The zero-order valence-electron chi connectivity index (χ0n) is 8.87. The van der Waals surface area contributed by atoms with E-state index in [0.29, 0.717) is 5.56 Å². The van der Waals surface area contributed by atoms with E-state index in [1.54, 1.807) is 29.2 Å². The molecule has 0 fully saturated rings. The molecule has 0 radical (unpaired) electrons. The fraction of sp³-hybridized carbons (Fsp3) is 0.0833. The second-order valence-corrected chi connectivity index (χ2v) is 3.37. The van der Waals surface area contributed by atoms with Gasteiger partial charge < -0.3 is 0 Å². The number of nitrogens with zero attached hydrogens (tertiary/aromatic N) is 3. The highest BCUT2D eigenvalue weighted by molar-refractivity contribution is 6.05. The predicted octanol–water partition coefficient (Wildman–Crippen LogP) is 1.94. The smallest absolute Gasteiger partial charge is 0.187 e. The Kier molecular flexibility index (Phi) is 2.91. The maximum absolute atomic E-state index is 11.7. The molecule has 0 aliphatic heterocycles. The molecule has 80 valence electrons. The second kappa shape index (κ2) is 4.53. The standard InChI is InChI=1S/C12H11N3O/c1-10-9-13-14-15(10)8-7-12(16)11-5-3-2-4-6-11/h2-9H,1H3/b8-7+. The maximum Gasteiger partial charge on any atom is 0.187 e. The zero-order chi connectivity index (χ0) is 11.4. The number of aryl methyl sites for hydroxylation is 1. The Morgan fingerprint density at radius 3 is 2.69 bits per heavy atom. The SMILES string of the molecule is Cc1cnnn1/C=C/C(=O)c1ccccc1.